The first kappa shape index (κ1) is 21.9. The molecule has 0 aliphatic carbocycles. The zero-order chi connectivity index (χ0) is 21.7. The van der Waals surface area contributed by atoms with E-state index in [1.807, 2.05) is 30.3 Å². The predicted octanol–water partition coefficient (Wildman–Crippen LogP) is 4.13. The third kappa shape index (κ3) is 4.84. The van der Waals surface area contributed by atoms with Gasteiger partial charge >= 0.3 is 5.97 Å². The topological polar surface area (TPSA) is 73.9 Å². The van der Waals surface area contributed by atoms with Crippen LogP contribution >= 0.6 is 15.9 Å². The number of ether oxygens (including phenoxy) is 3. The molecular formula is C23H24BrNO5. The third-order valence-electron chi connectivity index (χ3n) is 5.03. The standard InChI is InChI=1S/C23H24BrNO5/c1-14-22(23(27)30-10-9-15-7-5-4-6-8-15)17(12-21(26)25-14)16-11-19(28-2)20(29-3)13-18(16)24/h4-8,11,13,17H,9-10,12H2,1-3H3,(H,25,26). The van der Waals surface area contributed by atoms with Crippen LogP contribution in [0.4, 0.5) is 0 Å². The minimum Gasteiger partial charge on any atom is -0.493 e. The molecule has 30 heavy (non-hydrogen) atoms. The molecule has 0 bridgehead atoms. The summed E-state index contributed by atoms with van der Waals surface area (Å²) in [6, 6.07) is 13.4. The van der Waals surface area contributed by atoms with Gasteiger partial charge in [0.25, 0.3) is 0 Å². The highest BCUT2D eigenvalue weighted by Gasteiger charge is 2.34. The normalized spacial score (nSPS) is 16.1. The number of benzene rings is 2. The van der Waals surface area contributed by atoms with Gasteiger partial charge < -0.3 is 19.5 Å². The lowest BCUT2D eigenvalue weighted by Gasteiger charge is -2.28. The Labute approximate surface area is 184 Å². The van der Waals surface area contributed by atoms with Gasteiger partial charge in [-0.3, -0.25) is 4.79 Å². The summed E-state index contributed by atoms with van der Waals surface area (Å²) in [5.74, 6) is 0.0319. The minimum atomic E-state index is -0.461. The van der Waals surface area contributed by atoms with Crippen LogP contribution < -0.4 is 14.8 Å². The quantitative estimate of drug-likeness (QED) is 0.611. The second kappa shape index (κ2) is 9.80. The van der Waals surface area contributed by atoms with Crippen molar-refractivity contribution in [3.63, 3.8) is 0 Å². The molecule has 1 aliphatic rings. The number of hydrogen-bond acceptors (Lipinski definition) is 5. The maximum atomic E-state index is 13.0. The summed E-state index contributed by atoms with van der Waals surface area (Å²) in [5.41, 5.74) is 2.79. The molecule has 1 heterocycles. The predicted molar refractivity (Wildman–Crippen MR) is 117 cm³/mol. The minimum absolute atomic E-state index is 0.133. The molecule has 0 spiro atoms. The second-order valence-electron chi connectivity index (χ2n) is 6.94. The fourth-order valence-corrected chi connectivity index (χ4v) is 4.16. The highest BCUT2D eigenvalue weighted by Crippen LogP contribution is 2.42. The fraction of sp³-hybridized carbons (Fsp3) is 0.304. The van der Waals surface area contributed by atoms with Crippen LogP contribution in [0.2, 0.25) is 0 Å². The van der Waals surface area contributed by atoms with Gasteiger partial charge in [-0.15, -0.1) is 0 Å². The summed E-state index contributed by atoms with van der Waals surface area (Å²) in [6.07, 6.45) is 0.754. The molecule has 0 radical (unpaired) electrons. The third-order valence-corrected chi connectivity index (χ3v) is 5.72. The Morgan fingerprint density at radius 3 is 2.47 bits per heavy atom. The molecule has 6 nitrogen and oxygen atoms in total. The van der Waals surface area contributed by atoms with Gasteiger partial charge in [0, 0.05) is 28.9 Å². The summed E-state index contributed by atoms with van der Waals surface area (Å²) in [6.45, 7) is 1.97. The number of nitrogens with one attached hydrogen (secondary N) is 1. The Balaban J connectivity index is 1.86. The lowest BCUT2D eigenvalue weighted by atomic mass is 9.84. The summed E-state index contributed by atoms with van der Waals surface area (Å²) in [5, 5.41) is 2.76. The largest absolute Gasteiger partial charge is 0.493 e. The summed E-state index contributed by atoms with van der Waals surface area (Å²) in [4.78, 5) is 25.2. The molecule has 1 aliphatic heterocycles. The summed E-state index contributed by atoms with van der Waals surface area (Å²) >= 11 is 3.54. The molecule has 1 amide bonds. The zero-order valence-electron chi connectivity index (χ0n) is 17.2. The zero-order valence-corrected chi connectivity index (χ0v) is 18.7. The monoisotopic (exact) mass is 473 g/mol. The molecule has 7 heteroatoms. The second-order valence-corrected chi connectivity index (χ2v) is 7.80. The van der Waals surface area contributed by atoms with E-state index in [1.165, 1.54) is 0 Å². The van der Waals surface area contributed by atoms with Crippen LogP contribution in [-0.4, -0.2) is 32.7 Å². The maximum absolute atomic E-state index is 13.0. The van der Waals surface area contributed by atoms with Crippen molar-refractivity contribution in [3.8, 4) is 11.5 Å². The Kier molecular flexibility index (Phi) is 7.15. The van der Waals surface area contributed by atoms with Crippen LogP contribution in [0.3, 0.4) is 0 Å². The van der Waals surface area contributed by atoms with Crippen LogP contribution in [0.1, 0.15) is 30.4 Å². The molecule has 2 aromatic rings. The SMILES string of the molecule is COc1cc(Br)c(C2CC(=O)NC(C)=C2C(=O)OCCc2ccccc2)cc1OC. The van der Waals surface area contributed by atoms with Gasteiger partial charge in [0.05, 0.1) is 26.4 Å². The van der Waals surface area contributed by atoms with Crippen molar-refractivity contribution in [1.82, 2.24) is 5.32 Å². The number of amides is 1. The van der Waals surface area contributed by atoms with E-state index in [2.05, 4.69) is 21.2 Å². The highest BCUT2D eigenvalue weighted by atomic mass is 79.9. The van der Waals surface area contributed by atoms with Crippen LogP contribution in [0.15, 0.2) is 58.2 Å². The van der Waals surface area contributed by atoms with E-state index in [0.717, 1.165) is 15.6 Å². The molecule has 158 valence electrons. The molecular weight excluding hydrogens is 450 g/mol. The van der Waals surface area contributed by atoms with Crippen molar-refractivity contribution in [2.75, 3.05) is 20.8 Å². The van der Waals surface area contributed by atoms with E-state index < -0.39 is 11.9 Å². The van der Waals surface area contributed by atoms with Gasteiger partial charge in [0.15, 0.2) is 11.5 Å². The van der Waals surface area contributed by atoms with Gasteiger partial charge in [-0.05, 0) is 30.2 Å². The van der Waals surface area contributed by atoms with E-state index >= 15 is 0 Å². The maximum Gasteiger partial charge on any atom is 0.336 e. The van der Waals surface area contributed by atoms with Crippen LogP contribution in [-0.2, 0) is 20.7 Å². The lowest BCUT2D eigenvalue weighted by Crippen LogP contribution is -2.34. The lowest BCUT2D eigenvalue weighted by molar-refractivity contribution is -0.139. The first-order chi connectivity index (χ1) is 14.4. The molecule has 3 rings (SSSR count). The van der Waals surface area contributed by atoms with Gasteiger partial charge in [0.2, 0.25) is 5.91 Å². The van der Waals surface area contributed by atoms with Crippen LogP contribution in [0.5, 0.6) is 11.5 Å². The number of carbonyl (C=O) groups is 2. The Morgan fingerprint density at radius 1 is 1.13 bits per heavy atom. The molecule has 2 aromatic carbocycles. The Morgan fingerprint density at radius 2 is 1.80 bits per heavy atom. The van der Waals surface area contributed by atoms with Crippen molar-refractivity contribution in [1.29, 1.82) is 0 Å². The van der Waals surface area contributed by atoms with Crippen molar-refractivity contribution in [2.45, 2.75) is 25.7 Å². The Hall–Kier alpha value is -2.80. The Bertz CT molecular complexity index is 971. The molecule has 0 aromatic heterocycles. The van der Waals surface area contributed by atoms with E-state index in [-0.39, 0.29) is 18.9 Å². The average Bonchev–Trinajstić information content (AvgIpc) is 2.73. The first-order valence-electron chi connectivity index (χ1n) is 9.57. The van der Waals surface area contributed by atoms with E-state index in [0.29, 0.717) is 29.2 Å². The summed E-state index contributed by atoms with van der Waals surface area (Å²) < 4.78 is 17.0. The number of esters is 1. The van der Waals surface area contributed by atoms with E-state index in [9.17, 15) is 9.59 Å². The number of hydrogen-bond donors (Lipinski definition) is 1. The van der Waals surface area contributed by atoms with E-state index in [1.54, 1.807) is 33.3 Å². The summed E-state index contributed by atoms with van der Waals surface area (Å²) in [7, 11) is 3.10. The smallest absolute Gasteiger partial charge is 0.336 e. The van der Waals surface area contributed by atoms with Gasteiger partial charge in [-0.25, -0.2) is 4.79 Å². The number of allylic oxidation sites excluding steroid dienone is 1. The van der Waals surface area contributed by atoms with Gasteiger partial charge in [-0.2, -0.15) is 0 Å². The molecule has 1 unspecified atom stereocenters. The average molecular weight is 474 g/mol. The highest BCUT2D eigenvalue weighted by molar-refractivity contribution is 9.10. The van der Waals surface area contributed by atoms with Crippen molar-refractivity contribution in [2.24, 2.45) is 0 Å². The number of rotatable bonds is 7. The molecule has 0 fully saturated rings. The number of carbonyl (C=O) groups excluding carboxylic acids is 2. The van der Waals surface area contributed by atoms with Gasteiger partial charge in [0.1, 0.15) is 0 Å². The van der Waals surface area contributed by atoms with Crippen molar-refractivity contribution in [3.05, 3.63) is 69.3 Å². The van der Waals surface area contributed by atoms with Gasteiger partial charge in [-0.1, -0.05) is 46.3 Å². The molecule has 0 saturated heterocycles. The van der Waals surface area contributed by atoms with Crippen LogP contribution in [0.25, 0.3) is 0 Å². The number of halogens is 1. The van der Waals surface area contributed by atoms with Crippen LogP contribution in [0, 0.1) is 0 Å². The molecule has 0 saturated carbocycles. The molecule has 1 N–H and O–H groups in total. The van der Waals surface area contributed by atoms with E-state index in [4.69, 9.17) is 14.2 Å². The fourth-order valence-electron chi connectivity index (χ4n) is 3.56. The molecule has 1 atom stereocenters. The van der Waals surface area contributed by atoms with Crippen molar-refractivity contribution >= 4 is 27.8 Å². The van der Waals surface area contributed by atoms with Crippen molar-refractivity contribution < 1.29 is 23.8 Å². The number of methoxy groups -OCH3 is 2. The first-order valence-corrected chi connectivity index (χ1v) is 10.4.